The maximum Gasteiger partial charge on any atom is 0.258 e. The first-order valence-corrected chi connectivity index (χ1v) is 9.00. The third kappa shape index (κ3) is 5.92. The van der Waals surface area contributed by atoms with E-state index in [2.05, 4.69) is 22.5 Å². The summed E-state index contributed by atoms with van der Waals surface area (Å²) in [5.41, 5.74) is 1.86. The van der Waals surface area contributed by atoms with E-state index in [4.69, 9.17) is 23.2 Å². The van der Waals surface area contributed by atoms with Crippen LogP contribution in [0.25, 0.3) is 0 Å². The average molecular weight is 380 g/mol. The Morgan fingerprint density at radius 1 is 1.28 bits per heavy atom. The van der Waals surface area contributed by atoms with Crippen molar-refractivity contribution in [2.45, 2.75) is 25.8 Å². The SMILES string of the molecule is C=C/C=C(\C=C(/C)NC1CCNCC1)NC(=O)c1c(Cl)cccc1Cl. The van der Waals surface area contributed by atoms with Crippen LogP contribution in [0, 0.1) is 0 Å². The van der Waals surface area contributed by atoms with Gasteiger partial charge < -0.3 is 16.0 Å². The number of hydrogen-bond acceptors (Lipinski definition) is 3. The van der Waals surface area contributed by atoms with E-state index in [0.29, 0.717) is 21.8 Å². The second kappa shape index (κ2) is 9.66. The van der Waals surface area contributed by atoms with Crippen molar-refractivity contribution in [2.75, 3.05) is 13.1 Å². The molecule has 25 heavy (non-hydrogen) atoms. The summed E-state index contributed by atoms with van der Waals surface area (Å²) >= 11 is 12.2. The highest BCUT2D eigenvalue weighted by Gasteiger charge is 2.16. The molecular formula is C19H23Cl2N3O. The Morgan fingerprint density at radius 2 is 1.92 bits per heavy atom. The zero-order chi connectivity index (χ0) is 18.2. The molecule has 6 heteroatoms. The maximum atomic E-state index is 12.5. The molecule has 4 nitrogen and oxygen atoms in total. The van der Waals surface area contributed by atoms with Crippen LogP contribution in [-0.4, -0.2) is 25.0 Å². The molecule has 1 amide bonds. The molecule has 3 N–H and O–H groups in total. The summed E-state index contributed by atoms with van der Waals surface area (Å²) in [6, 6.07) is 5.42. The first-order chi connectivity index (χ1) is 12.0. The molecule has 1 aromatic carbocycles. The number of nitrogens with one attached hydrogen (secondary N) is 3. The van der Waals surface area contributed by atoms with E-state index in [1.54, 1.807) is 30.4 Å². The van der Waals surface area contributed by atoms with Crippen molar-refractivity contribution in [1.29, 1.82) is 0 Å². The summed E-state index contributed by atoms with van der Waals surface area (Å²) < 4.78 is 0. The molecule has 0 aromatic heterocycles. The highest BCUT2D eigenvalue weighted by atomic mass is 35.5. The topological polar surface area (TPSA) is 53.2 Å². The summed E-state index contributed by atoms with van der Waals surface area (Å²) in [6.45, 7) is 7.71. The number of carbonyl (C=O) groups is 1. The molecule has 0 radical (unpaired) electrons. The molecule has 134 valence electrons. The van der Waals surface area contributed by atoms with E-state index in [1.807, 2.05) is 13.0 Å². The lowest BCUT2D eigenvalue weighted by atomic mass is 10.1. The number of halogens is 2. The van der Waals surface area contributed by atoms with Crippen LogP contribution < -0.4 is 16.0 Å². The Hall–Kier alpha value is -1.75. The minimum atomic E-state index is -0.352. The minimum Gasteiger partial charge on any atom is -0.386 e. The smallest absolute Gasteiger partial charge is 0.258 e. The van der Waals surface area contributed by atoms with Crippen molar-refractivity contribution >= 4 is 29.1 Å². The number of hydrogen-bond donors (Lipinski definition) is 3. The summed E-state index contributed by atoms with van der Waals surface area (Å²) in [7, 11) is 0. The highest BCUT2D eigenvalue weighted by Crippen LogP contribution is 2.24. The second-order valence-electron chi connectivity index (χ2n) is 5.90. The summed E-state index contributed by atoms with van der Waals surface area (Å²) in [6.07, 6.45) is 7.39. The van der Waals surface area contributed by atoms with E-state index >= 15 is 0 Å². The lowest BCUT2D eigenvalue weighted by Gasteiger charge is -2.25. The van der Waals surface area contributed by atoms with E-state index in [0.717, 1.165) is 31.6 Å². The quantitative estimate of drug-likeness (QED) is 0.653. The molecule has 0 spiro atoms. The van der Waals surface area contributed by atoms with Gasteiger partial charge in [0.15, 0.2) is 0 Å². The standard InChI is InChI=1S/C19H23Cl2N3O/c1-3-5-15(12-13(2)23-14-8-10-22-11-9-14)24-19(25)18-16(20)6-4-7-17(18)21/h3-7,12,14,22-23H,1,8-11H2,2H3,(H,24,25)/b13-12+,15-5+. The third-order valence-electron chi connectivity index (χ3n) is 3.89. The van der Waals surface area contributed by atoms with Crippen LogP contribution in [0.4, 0.5) is 0 Å². The number of amides is 1. The van der Waals surface area contributed by atoms with Crippen molar-refractivity contribution in [2.24, 2.45) is 0 Å². The molecule has 2 rings (SSSR count). The molecule has 1 saturated heterocycles. The zero-order valence-electron chi connectivity index (χ0n) is 14.2. The Balaban J connectivity index is 2.10. The molecule has 1 aliphatic rings. The molecule has 0 aliphatic carbocycles. The zero-order valence-corrected chi connectivity index (χ0v) is 15.8. The van der Waals surface area contributed by atoms with Gasteiger partial charge in [-0.3, -0.25) is 4.79 Å². The highest BCUT2D eigenvalue weighted by molar-refractivity contribution is 6.39. The lowest BCUT2D eigenvalue weighted by molar-refractivity contribution is 0.0967. The predicted molar refractivity (Wildman–Crippen MR) is 105 cm³/mol. The Labute approximate surface area is 159 Å². The Bertz CT molecular complexity index is 672. The molecule has 1 aromatic rings. The molecule has 1 aliphatic heterocycles. The van der Waals surface area contributed by atoms with Crippen LogP contribution in [0.2, 0.25) is 10.0 Å². The Kier molecular flexibility index (Phi) is 7.56. The molecule has 0 saturated carbocycles. The van der Waals surface area contributed by atoms with Crippen molar-refractivity contribution in [3.63, 3.8) is 0 Å². The van der Waals surface area contributed by atoms with Crippen LogP contribution in [0.1, 0.15) is 30.1 Å². The summed E-state index contributed by atoms with van der Waals surface area (Å²) in [5.74, 6) is -0.352. The fourth-order valence-electron chi connectivity index (χ4n) is 2.72. The lowest BCUT2D eigenvalue weighted by Crippen LogP contribution is -2.39. The number of piperidine rings is 1. The average Bonchev–Trinajstić information content (AvgIpc) is 2.55. The monoisotopic (exact) mass is 379 g/mol. The molecule has 1 fully saturated rings. The van der Waals surface area contributed by atoms with E-state index in [-0.39, 0.29) is 11.5 Å². The number of rotatable bonds is 6. The van der Waals surface area contributed by atoms with Crippen molar-refractivity contribution in [3.8, 4) is 0 Å². The number of allylic oxidation sites excluding steroid dienone is 4. The molecule has 1 heterocycles. The first-order valence-electron chi connectivity index (χ1n) is 8.25. The van der Waals surface area contributed by atoms with Gasteiger partial charge in [0, 0.05) is 17.4 Å². The number of carbonyl (C=O) groups excluding carboxylic acids is 1. The molecule has 0 unspecified atom stereocenters. The molecule has 0 bridgehead atoms. The van der Waals surface area contributed by atoms with Gasteiger partial charge in [0.1, 0.15) is 0 Å². The van der Waals surface area contributed by atoms with E-state index < -0.39 is 0 Å². The second-order valence-corrected chi connectivity index (χ2v) is 6.72. The minimum absolute atomic E-state index is 0.262. The fourth-order valence-corrected chi connectivity index (χ4v) is 3.29. The van der Waals surface area contributed by atoms with Gasteiger partial charge in [-0.1, -0.05) is 41.9 Å². The van der Waals surface area contributed by atoms with Crippen LogP contribution in [0.5, 0.6) is 0 Å². The normalized spacial score (nSPS) is 16.4. The van der Waals surface area contributed by atoms with Crippen molar-refractivity contribution < 1.29 is 4.79 Å². The Morgan fingerprint density at radius 3 is 2.52 bits per heavy atom. The molecular weight excluding hydrogens is 357 g/mol. The first kappa shape index (κ1) is 19.6. The van der Waals surface area contributed by atoms with E-state index in [9.17, 15) is 4.79 Å². The van der Waals surface area contributed by atoms with Gasteiger partial charge in [-0.05, 0) is 57.1 Å². The predicted octanol–water partition coefficient (Wildman–Crippen LogP) is 4.04. The van der Waals surface area contributed by atoms with Gasteiger partial charge >= 0.3 is 0 Å². The molecule has 0 atom stereocenters. The maximum absolute atomic E-state index is 12.5. The van der Waals surface area contributed by atoms with Crippen LogP contribution in [0.15, 0.2) is 54.4 Å². The van der Waals surface area contributed by atoms with Crippen molar-refractivity contribution in [3.05, 3.63) is 70.0 Å². The van der Waals surface area contributed by atoms with Gasteiger partial charge in [-0.2, -0.15) is 0 Å². The fraction of sp³-hybridized carbons (Fsp3) is 0.316. The number of benzene rings is 1. The third-order valence-corrected chi connectivity index (χ3v) is 4.52. The van der Waals surface area contributed by atoms with Gasteiger partial charge in [0.05, 0.1) is 15.6 Å². The van der Waals surface area contributed by atoms with E-state index in [1.165, 1.54) is 0 Å². The van der Waals surface area contributed by atoms with Gasteiger partial charge in [-0.25, -0.2) is 0 Å². The van der Waals surface area contributed by atoms with Crippen LogP contribution in [-0.2, 0) is 0 Å². The largest absolute Gasteiger partial charge is 0.386 e. The van der Waals surface area contributed by atoms with Gasteiger partial charge in [0.2, 0.25) is 0 Å². The van der Waals surface area contributed by atoms with Gasteiger partial charge in [0.25, 0.3) is 5.91 Å². The van der Waals surface area contributed by atoms with Gasteiger partial charge in [-0.15, -0.1) is 0 Å². The van der Waals surface area contributed by atoms with Crippen LogP contribution in [0.3, 0.4) is 0 Å². The van der Waals surface area contributed by atoms with Crippen LogP contribution >= 0.6 is 23.2 Å². The summed E-state index contributed by atoms with van der Waals surface area (Å²) in [4.78, 5) is 12.5. The van der Waals surface area contributed by atoms with Crippen molar-refractivity contribution in [1.82, 2.24) is 16.0 Å². The summed E-state index contributed by atoms with van der Waals surface area (Å²) in [5, 5.41) is 10.3.